The fourth-order valence-electron chi connectivity index (χ4n) is 1.50. The Kier molecular flexibility index (Phi) is 4.57. The maximum absolute atomic E-state index is 12.1. The molecule has 0 saturated heterocycles. The summed E-state index contributed by atoms with van der Waals surface area (Å²) in [5.74, 6) is -0.0649. The summed E-state index contributed by atoms with van der Waals surface area (Å²) in [5.41, 5.74) is 7.02. The molecule has 92 valence electrons. The average Bonchev–Trinajstić information content (AvgIpc) is 2.26. The molecule has 2 N–H and O–H groups in total. The Morgan fingerprint density at radius 3 is 2.76 bits per heavy atom. The summed E-state index contributed by atoms with van der Waals surface area (Å²) in [5, 5.41) is 0. The zero-order valence-corrected chi connectivity index (χ0v) is 11.1. The molecule has 1 atom stereocenters. The second-order valence-electron chi connectivity index (χ2n) is 4.19. The van der Waals surface area contributed by atoms with Gasteiger partial charge in [-0.2, -0.15) is 0 Å². The van der Waals surface area contributed by atoms with Gasteiger partial charge in [0.1, 0.15) is 0 Å². The molecule has 0 saturated carbocycles. The predicted octanol–water partition coefficient (Wildman–Crippen LogP) is 1.53. The van der Waals surface area contributed by atoms with Crippen molar-refractivity contribution in [2.24, 2.45) is 5.73 Å². The Labute approximate surface area is 107 Å². The van der Waals surface area contributed by atoms with E-state index in [1.54, 1.807) is 24.3 Å². The minimum Gasteiger partial charge on any atom is -0.393 e. The molecule has 0 fully saturated rings. The van der Waals surface area contributed by atoms with Crippen molar-refractivity contribution in [2.45, 2.75) is 26.3 Å². The molecule has 4 nitrogen and oxygen atoms in total. The highest BCUT2D eigenvalue weighted by molar-refractivity contribution is 7.80. The lowest BCUT2D eigenvalue weighted by molar-refractivity contribution is 0.0747. The molecule has 0 aliphatic rings. The third-order valence-corrected chi connectivity index (χ3v) is 2.77. The van der Waals surface area contributed by atoms with Crippen molar-refractivity contribution in [3.63, 3.8) is 0 Å². The number of nitrogens with two attached hydrogens (primary N) is 1. The molecule has 0 aliphatic heterocycles. The Morgan fingerprint density at radius 2 is 2.24 bits per heavy atom. The number of rotatable bonds is 4. The fraction of sp³-hybridized carbons (Fsp3) is 0.417. The van der Waals surface area contributed by atoms with Gasteiger partial charge < -0.3 is 10.6 Å². The van der Waals surface area contributed by atoms with Crippen molar-refractivity contribution in [2.75, 3.05) is 7.05 Å². The van der Waals surface area contributed by atoms with E-state index in [0.717, 1.165) is 5.56 Å². The van der Waals surface area contributed by atoms with E-state index in [1.807, 2.05) is 19.9 Å². The first-order valence-electron chi connectivity index (χ1n) is 5.39. The quantitative estimate of drug-likeness (QED) is 0.824. The minimum absolute atomic E-state index is 0.0134. The van der Waals surface area contributed by atoms with Crippen LogP contribution in [0.15, 0.2) is 18.5 Å². The molecule has 0 aliphatic carbocycles. The van der Waals surface area contributed by atoms with Gasteiger partial charge in [0.15, 0.2) is 0 Å². The maximum Gasteiger partial charge on any atom is 0.255 e. The monoisotopic (exact) mass is 251 g/mol. The Bertz CT molecular complexity index is 434. The highest BCUT2D eigenvalue weighted by Crippen LogP contribution is 2.09. The summed E-state index contributed by atoms with van der Waals surface area (Å²) in [6, 6.07) is 1.81. The van der Waals surface area contributed by atoms with Gasteiger partial charge in [-0.15, -0.1) is 0 Å². The molecular formula is C12H17N3OS. The summed E-state index contributed by atoms with van der Waals surface area (Å²) < 4.78 is 0. The van der Waals surface area contributed by atoms with Gasteiger partial charge in [0.25, 0.3) is 5.91 Å². The van der Waals surface area contributed by atoms with Crippen LogP contribution >= 0.6 is 12.2 Å². The molecule has 1 unspecified atom stereocenters. The number of aryl methyl sites for hydroxylation is 1. The summed E-state index contributed by atoms with van der Waals surface area (Å²) in [6.45, 7) is 3.82. The zero-order valence-electron chi connectivity index (χ0n) is 10.3. The van der Waals surface area contributed by atoms with Gasteiger partial charge in [0.05, 0.1) is 10.6 Å². The lowest BCUT2D eigenvalue weighted by atomic mass is 10.1. The Morgan fingerprint density at radius 1 is 1.59 bits per heavy atom. The SMILES string of the molecule is Cc1cncc(C(=O)N(C)C(C)CC(N)=S)c1. The molecule has 1 amide bonds. The molecule has 1 heterocycles. The molecule has 5 heteroatoms. The van der Waals surface area contributed by atoms with Crippen LogP contribution in [0.2, 0.25) is 0 Å². The Hall–Kier alpha value is -1.49. The van der Waals surface area contributed by atoms with Crippen molar-refractivity contribution >= 4 is 23.1 Å². The topological polar surface area (TPSA) is 59.2 Å². The van der Waals surface area contributed by atoms with Gasteiger partial charge in [-0.1, -0.05) is 12.2 Å². The smallest absolute Gasteiger partial charge is 0.255 e. The van der Waals surface area contributed by atoms with Crippen LogP contribution in [0.1, 0.15) is 29.3 Å². The second kappa shape index (κ2) is 5.72. The molecule has 17 heavy (non-hydrogen) atoms. The fourth-order valence-corrected chi connectivity index (χ4v) is 1.75. The van der Waals surface area contributed by atoms with Gasteiger partial charge in [-0.25, -0.2) is 0 Å². The molecule has 1 aromatic heterocycles. The molecule has 0 radical (unpaired) electrons. The second-order valence-corrected chi connectivity index (χ2v) is 4.71. The third kappa shape index (κ3) is 3.78. The molecule has 0 aromatic carbocycles. The van der Waals surface area contributed by atoms with Gasteiger partial charge in [-0.05, 0) is 25.5 Å². The van der Waals surface area contributed by atoms with Crippen molar-refractivity contribution < 1.29 is 4.79 Å². The first-order chi connectivity index (χ1) is 7.91. The number of pyridine rings is 1. The Balaban J connectivity index is 2.79. The number of aromatic nitrogens is 1. The standard InChI is InChI=1S/C12H17N3OS/c1-8-4-10(7-14-6-8)12(16)15(3)9(2)5-11(13)17/h4,6-7,9H,5H2,1-3H3,(H2,13,17). The average molecular weight is 251 g/mol. The van der Waals surface area contributed by atoms with E-state index >= 15 is 0 Å². The van der Waals surface area contributed by atoms with Crippen LogP contribution < -0.4 is 5.73 Å². The van der Waals surface area contributed by atoms with Crippen LogP contribution in [-0.2, 0) is 0 Å². The molecule has 1 aromatic rings. The number of hydrogen-bond donors (Lipinski definition) is 1. The van der Waals surface area contributed by atoms with E-state index in [4.69, 9.17) is 18.0 Å². The van der Waals surface area contributed by atoms with Crippen LogP contribution in [0.3, 0.4) is 0 Å². The number of carbonyl (C=O) groups is 1. The molecule has 0 spiro atoms. The number of nitrogens with zero attached hydrogens (tertiary/aromatic N) is 2. The van der Waals surface area contributed by atoms with E-state index in [0.29, 0.717) is 17.0 Å². The van der Waals surface area contributed by atoms with E-state index in [9.17, 15) is 4.79 Å². The lowest BCUT2D eigenvalue weighted by Gasteiger charge is -2.24. The minimum atomic E-state index is -0.0649. The number of thiocarbonyl (C=S) groups is 1. The summed E-state index contributed by atoms with van der Waals surface area (Å²) in [7, 11) is 1.74. The van der Waals surface area contributed by atoms with Gasteiger partial charge in [0, 0.05) is 31.9 Å². The highest BCUT2D eigenvalue weighted by atomic mass is 32.1. The van der Waals surface area contributed by atoms with E-state index in [-0.39, 0.29) is 11.9 Å². The molecular weight excluding hydrogens is 234 g/mol. The normalized spacial score (nSPS) is 11.9. The van der Waals surface area contributed by atoms with E-state index < -0.39 is 0 Å². The zero-order chi connectivity index (χ0) is 13.0. The first kappa shape index (κ1) is 13.6. The van der Waals surface area contributed by atoms with Crippen molar-refractivity contribution in [3.8, 4) is 0 Å². The van der Waals surface area contributed by atoms with Crippen LogP contribution in [0.5, 0.6) is 0 Å². The maximum atomic E-state index is 12.1. The van der Waals surface area contributed by atoms with Gasteiger partial charge in [0.2, 0.25) is 0 Å². The number of hydrogen-bond acceptors (Lipinski definition) is 3. The van der Waals surface area contributed by atoms with Gasteiger partial charge >= 0.3 is 0 Å². The van der Waals surface area contributed by atoms with Gasteiger partial charge in [-0.3, -0.25) is 9.78 Å². The largest absolute Gasteiger partial charge is 0.393 e. The first-order valence-corrected chi connectivity index (χ1v) is 5.79. The summed E-state index contributed by atoms with van der Waals surface area (Å²) in [6.07, 6.45) is 3.81. The number of carbonyl (C=O) groups excluding carboxylic acids is 1. The van der Waals surface area contributed by atoms with Crippen molar-refractivity contribution in [1.29, 1.82) is 0 Å². The summed E-state index contributed by atoms with van der Waals surface area (Å²) in [4.78, 5) is 18.2. The van der Waals surface area contributed by atoms with Crippen LogP contribution in [0, 0.1) is 6.92 Å². The van der Waals surface area contributed by atoms with Crippen LogP contribution in [0.25, 0.3) is 0 Å². The van der Waals surface area contributed by atoms with Crippen LogP contribution in [-0.4, -0.2) is 33.9 Å². The predicted molar refractivity (Wildman–Crippen MR) is 71.9 cm³/mol. The highest BCUT2D eigenvalue weighted by Gasteiger charge is 2.18. The number of amides is 1. The lowest BCUT2D eigenvalue weighted by Crippen LogP contribution is -2.37. The van der Waals surface area contributed by atoms with Crippen molar-refractivity contribution in [3.05, 3.63) is 29.6 Å². The summed E-state index contributed by atoms with van der Waals surface area (Å²) >= 11 is 4.84. The van der Waals surface area contributed by atoms with Crippen molar-refractivity contribution in [1.82, 2.24) is 9.88 Å². The molecule has 0 bridgehead atoms. The van der Waals surface area contributed by atoms with Crippen LogP contribution in [0.4, 0.5) is 0 Å². The third-order valence-electron chi connectivity index (χ3n) is 2.60. The van der Waals surface area contributed by atoms with E-state index in [2.05, 4.69) is 4.98 Å². The van der Waals surface area contributed by atoms with E-state index in [1.165, 1.54) is 0 Å². The molecule has 1 rings (SSSR count).